The molecule has 0 spiro atoms. The van der Waals surface area contributed by atoms with Gasteiger partial charge in [0.1, 0.15) is 0 Å². The van der Waals surface area contributed by atoms with Crippen LogP contribution in [0.4, 0.5) is 0 Å². The molecule has 2 atom stereocenters. The zero-order chi connectivity index (χ0) is 16.2. The van der Waals surface area contributed by atoms with Gasteiger partial charge < -0.3 is 15.5 Å². The summed E-state index contributed by atoms with van der Waals surface area (Å²) in [5, 5.41) is 0. The van der Waals surface area contributed by atoms with Gasteiger partial charge >= 0.3 is 0 Å². The second-order valence-corrected chi connectivity index (χ2v) is 6.64. The van der Waals surface area contributed by atoms with Crippen molar-refractivity contribution in [3.63, 3.8) is 0 Å². The summed E-state index contributed by atoms with van der Waals surface area (Å²) in [4.78, 5) is 29.0. The first-order valence-corrected chi connectivity index (χ1v) is 8.54. The normalized spacial score (nSPS) is 25.3. The Labute approximate surface area is 137 Å². The van der Waals surface area contributed by atoms with E-state index in [1.807, 2.05) is 40.1 Å². The van der Waals surface area contributed by atoms with E-state index in [0.29, 0.717) is 18.7 Å². The largest absolute Gasteiger partial charge is 0.341 e. The minimum absolute atomic E-state index is 0.0263. The highest BCUT2D eigenvalue weighted by molar-refractivity contribution is 5.94. The number of carbonyl (C=O) groups excluding carboxylic acids is 2. The third-order valence-corrected chi connectivity index (χ3v) is 4.85. The Morgan fingerprint density at radius 1 is 0.957 bits per heavy atom. The SMILES string of the molecule is NC1CCCN(C(=O)C2CCCN(C(=O)c3ccccc3)C2)C1. The first kappa shape index (κ1) is 16.0. The number of nitrogens with two attached hydrogens (primary N) is 1. The van der Waals surface area contributed by atoms with E-state index in [1.165, 1.54) is 0 Å². The molecular weight excluding hydrogens is 290 g/mol. The smallest absolute Gasteiger partial charge is 0.253 e. The number of rotatable bonds is 2. The summed E-state index contributed by atoms with van der Waals surface area (Å²) in [6.45, 7) is 2.72. The predicted molar refractivity (Wildman–Crippen MR) is 88.9 cm³/mol. The molecule has 23 heavy (non-hydrogen) atoms. The molecular formula is C18H25N3O2. The molecule has 2 aliphatic rings. The van der Waals surface area contributed by atoms with Crippen LogP contribution < -0.4 is 5.73 Å². The number of likely N-dealkylation sites (tertiary alicyclic amines) is 2. The van der Waals surface area contributed by atoms with Gasteiger partial charge in [0.05, 0.1) is 5.92 Å². The fraction of sp³-hybridized carbons (Fsp3) is 0.556. The van der Waals surface area contributed by atoms with Gasteiger partial charge in [0.2, 0.25) is 5.91 Å². The molecule has 1 aromatic rings. The van der Waals surface area contributed by atoms with Gasteiger partial charge in [-0.15, -0.1) is 0 Å². The molecule has 2 saturated heterocycles. The van der Waals surface area contributed by atoms with E-state index >= 15 is 0 Å². The molecule has 5 nitrogen and oxygen atoms in total. The fourth-order valence-electron chi connectivity index (χ4n) is 3.59. The molecule has 2 unspecified atom stereocenters. The van der Waals surface area contributed by atoms with Crippen molar-refractivity contribution in [2.45, 2.75) is 31.7 Å². The summed E-state index contributed by atoms with van der Waals surface area (Å²) in [5.41, 5.74) is 6.68. The lowest BCUT2D eigenvalue weighted by Crippen LogP contribution is -2.51. The Morgan fingerprint density at radius 2 is 1.65 bits per heavy atom. The molecule has 2 heterocycles. The lowest BCUT2D eigenvalue weighted by Gasteiger charge is -2.37. The molecule has 2 aliphatic heterocycles. The van der Waals surface area contributed by atoms with Crippen LogP contribution in [0.25, 0.3) is 0 Å². The molecule has 5 heteroatoms. The van der Waals surface area contributed by atoms with Gasteiger partial charge in [-0.05, 0) is 37.8 Å². The Bertz CT molecular complexity index is 561. The zero-order valence-electron chi connectivity index (χ0n) is 13.5. The van der Waals surface area contributed by atoms with Crippen molar-refractivity contribution in [2.75, 3.05) is 26.2 Å². The van der Waals surface area contributed by atoms with Gasteiger partial charge in [0, 0.05) is 37.8 Å². The Hall–Kier alpha value is -1.88. The second kappa shape index (κ2) is 7.13. The molecule has 0 aromatic heterocycles. The van der Waals surface area contributed by atoms with E-state index in [0.717, 1.165) is 38.8 Å². The second-order valence-electron chi connectivity index (χ2n) is 6.64. The molecule has 0 radical (unpaired) electrons. The zero-order valence-corrected chi connectivity index (χ0v) is 13.5. The summed E-state index contributed by atoms with van der Waals surface area (Å²) < 4.78 is 0. The molecule has 2 N–H and O–H groups in total. The first-order valence-electron chi connectivity index (χ1n) is 8.54. The molecule has 0 saturated carbocycles. The number of carbonyl (C=O) groups is 2. The molecule has 124 valence electrons. The lowest BCUT2D eigenvalue weighted by molar-refractivity contribution is -0.138. The maximum atomic E-state index is 12.7. The Balaban J connectivity index is 1.64. The quantitative estimate of drug-likeness (QED) is 0.899. The Kier molecular flexibility index (Phi) is 4.96. The van der Waals surface area contributed by atoms with Crippen molar-refractivity contribution < 1.29 is 9.59 Å². The minimum Gasteiger partial charge on any atom is -0.341 e. The van der Waals surface area contributed by atoms with Crippen LogP contribution in [0.5, 0.6) is 0 Å². The predicted octanol–water partition coefficient (Wildman–Crippen LogP) is 1.49. The van der Waals surface area contributed by atoms with Crippen LogP contribution >= 0.6 is 0 Å². The number of nitrogens with zero attached hydrogens (tertiary/aromatic N) is 2. The monoisotopic (exact) mass is 315 g/mol. The van der Waals surface area contributed by atoms with Gasteiger partial charge in [-0.2, -0.15) is 0 Å². The Morgan fingerprint density at radius 3 is 2.39 bits per heavy atom. The van der Waals surface area contributed by atoms with Crippen LogP contribution in [0, 0.1) is 5.92 Å². The molecule has 2 amide bonds. The van der Waals surface area contributed by atoms with E-state index in [-0.39, 0.29) is 23.8 Å². The summed E-state index contributed by atoms with van der Waals surface area (Å²) in [5.74, 6) is 0.117. The standard InChI is InChI=1S/C18H25N3O2/c19-16-9-5-11-21(13-16)18(23)15-8-4-10-20(12-15)17(22)14-6-2-1-3-7-14/h1-3,6-7,15-16H,4-5,8-13,19H2. The van der Waals surface area contributed by atoms with Crippen LogP contribution in [0.3, 0.4) is 0 Å². The van der Waals surface area contributed by atoms with Crippen molar-refractivity contribution in [1.82, 2.24) is 9.80 Å². The number of hydrogen-bond donors (Lipinski definition) is 1. The van der Waals surface area contributed by atoms with Crippen molar-refractivity contribution in [2.24, 2.45) is 11.7 Å². The third-order valence-electron chi connectivity index (χ3n) is 4.85. The van der Waals surface area contributed by atoms with Crippen molar-refractivity contribution >= 4 is 11.8 Å². The van der Waals surface area contributed by atoms with Gasteiger partial charge in [-0.25, -0.2) is 0 Å². The summed E-state index contributed by atoms with van der Waals surface area (Å²) in [7, 11) is 0. The number of hydrogen-bond acceptors (Lipinski definition) is 3. The number of amides is 2. The van der Waals surface area contributed by atoms with E-state index in [2.05, 4.69) is 0 Å². The van der Waals surface area contributed by atoms with E-state index in [1.54, 1.807) is 0 Å². The highest BCUT2D eigenvalue weighted by atomic mass is 16.2. The lowest BCUT2D eigenvalue weighted by atomic mass is 9.94. The fourth-order valence-corrected chi connectivity index (χ4v) is 3.59. The summed E-state index contributed by atoms with van der Waals surface area (Å²) >= 11 is 0. The van der Waals surface area contributed by atoms with Gasteiger partial charge in [0.15, 0.2) is 0 Å². The number of benzene rings is 1. The van der Waals surface area contributed by atoms with Crippen LogP contribution in [0.15, 0.2) is 30.3 Å². The van der Waals surface area contributed by atoms with Crippen molar-refractivity contribution in [3.05, 3.63) is 35.9 Å². The van der Waals surface area contributed by atoms with Crippen molar-refractivity contribution in [3.8, 4) is 0 Å². The third kappa shape index (κ3) is 3.72. The maximum absolute atomic E-state index is 12.7. The topological polar surface area (TPSA) is 66.6 Å². The molecule has 3 rings (SSSR count). The van der Waals surface area contributed by atoms with E-state index in [4.69, 9.17) is 5.73 Å². The van der Waals surface area contributed by atoms with Gasteiger partial charge in [-0.3, -0.25) is 9.59 Å². The molecule has 2 fully saturated rings. The van der Waals surface area contributed by atoms with Crippen LogP contribution in [-0.2, 0) is 4.79 Å². The molecule has 0 bridgehead atoms. The molecule has 1 aromatic carbocycles. The van der Waals surface area contributed by atoms with E-state index < -0.39 is 0 Å². The maximum Gasteiger partial charge on any atom is 0.253 e. The average Bonchev–Trinajstić information content (AvgIpc) is 2.61. The summed E-state index contributed by atoms with van der Waals surface area (Å²) in [6.07, 6.45) is 3.72. The highest BCUT2D eigenvalue weighted by Gasteiger charge is 2.32. The first-order chi connectivity index (χ1) is 11.1. The average molecular weight is 315 g/mol. The minimum atomic E-state index is -0.0817. The van der Waals surface area contributed by atoms with Crippen molar-refractivity contribution in [1.29, 1.82) is 0 Å². The van der Waals surface area contributed by atoms with Crippen LogP contribution in [0.1, 0.15) is 36.0 Å². The summed E-state index contributed by atoms with van der Waals surface area (Å²) in [6, 6.07) is 9.40. The van der Waals surface area contributed by atoms with Crippen LogP contribution in [0.2, 0.25) is 0 Å². The molecule has 0 aliphatic carbocycles. The number of piperidine rings is 2. The van der Waals surface area contributed by atoms with Gasteiger partial charge in [0.25, 0.3) is 5.91 Å². The highest BCUT2D eigenvalue weighted by Crippen LogP contribution is 2.22. The van der Waals surface area contributed by atoms with E-state index in [9.17, 15) is 9.59 Å². The van der Waals surface area contributed by atoms with Gasteiger partial charge in [-0.1, -0.05) is 18.2 Å². The van der Waals surface area contributed by atoms with Crippen LogP contribution in [-0.4, -0.2) is 53.8 Å².